The van der Waals surface area contributed by atoms with Crippen molar-refractivity contribution < 1.29 is 8.83 Å². The molecule has 53 heavy (non-hydrogen) atoms. The second-order valence-electron chi connectivity index (χ2n) is 13.7. The highest BCUT2D eigenvalue weighted by Gasteiger charge is 2.22. The Morgan fingerprint density at radius 1 is 0.302 bits per heavy atom. The smallest absolute Gasteiger partial charge is 0.159 e. The number of para-hydroxylation sites is 3. The number of hydrogen-bond acceptors (Lipinski definition) is 3. The van der Waals surface area contributed by atoms with Crippen LogP contribution in [0, 0.1) is 0 Å². The summed E-state index contributed by atoms with van der Waals surface area (Å²) in [6.07, 6.45) is 0. The average Bonchev–Trinajstić information content (AvgIpc) is 3.80. The predicted molar refractivity (Wildman–Crippen MR) is 222 cm³/mol. The van der Waals surface area contributed by atoms with Crippen molar-refractivity contribution in [1.29, 1.82) is 0 Å². The van der Waals surface area contributed by atoms with Gasteiger partial charge in [0, 0.05) is 32.9 Å². The lowest BCUT2D eigenvalue weighted by molar-refractivity contribution is 0.668. The zero-order valence-corrected chi connectivity index (χ0v) is 28.7. The van der Waals surface area contributed by atoms with Gasteiger partial charge in [0.2, 0.25) is 0 Å². The Morgan fingerprint density at radius 2 is 0.925 bits per heavy atom. The number of anilines is 3. The summed E-state index contributed by atoms with van der Waals surface area (Å²) in [5, 5.41) is 9.28. The summed E-state index contributed by atoms with van der Waals surface area (Å²) in [6, 6.07) is 67.0. The van der Waals surface area contributed by atoms with Gasteiger partial charge in [-0.25, -0.2) is 0 Å². The van der Waals surface area contributed by atoms with Crippen molar-refractivity contribution in [2.24, 2.45) is 0 Å². The number of hydrogen-bond donors (Lipinski definition) is 0. The predicted octanol–water partition coefficient (Wildman–Crippen LogP) is 14.6. The largest absolute Gasteiger partial charge is 0.456 e. The minimum Gasteiger partial charge on any atom is -0.456 e. The van der Waals surface area contributed by atoms with E-state index in [9.17, 15) is 0 Å². The molecule has 0 aliphatic heterocycles. The number of benzene rings is 9. The van der Waals surface area contributed by atoms with E-state index in [1.54, 1.807) is 0 Å². The van der Waals surface area contributed by atoms with Gasteiger partial charge in [-0.3, -0.25) is 0 Å². The van der Waals surface area contributed by atoms with Crippen LogP contribution in [-0.2, 0) is 0 Å². The highest BCUT2D eigenvalue weighted by Crippen LogP contribution is 2.45. The van der Waals surface area contributed by atoms with Crippen LogP contribution < -0.4 is 4.90 Å². The van der Waals surface area contributed by atoms with Gasteiger partial charge in [0.05, 0.1) is 5.69 Å². The molecule has 0 saturated heterocycles. The lowest BCUT2D eigenvalue weighted by Crippen LogP contribution is -2.10. The Balaban J connectivity index is 1.21. The van der Waals surface area contributed by atoms with Gasteiger partial charge in [-0.15, -0.1) is 0 Å². The van der Waals surface area contributed by atoms with Crippen molar-refractivity contribution in [3.63, 3.8) is 0 Å². The molecule has 0 radical (unpaired) electrons. The molecule has 0 aliphatic rings. The van der Waals surface area contributed by atoms with Crippen molar-refractivity contribution in [2.45, 2.75) is 0 Å². The Bertz CT molecular complexity index is 3190. The summed E-state index contributed by atoms with van der Waals surface area (Å²) in [5.74, 6) is 0. The van der Waals surface area contributed by atoms with Crippen LogP contribution in [-0.4, -0.2) is 0 Å². The van der Waals surface area contributed by atoms with E-state index in [2.05, 4.69) is 175 Å². The molecule has 3 nitrogen and oxygen atoms in total. The van der Waals surface area contributed by atoms with E-state index in [4.69, 9.17) is 8.83 Å². The SMILES string of the molecule is c1ccc(-c2cc(-c3ccc4oc5ccccc5c4c3)cc(N(c3ccc4ccc5ccccc5c4c3)c3cccc4c3oc3ccccc34)c2)cc1. The van der Waals surface area contributed by atoms with Crippen LogP contribution in [0.1, 0.15) is 0 Å². The third kappa shape index (κ3) is 4.82. The summed E-state index contributed by atoms with van der Waals surface area (Å²) in [6.45, 7) is 0. The van der Waals surface area contributed by atoms with Gasteiger partial charge in [0.15, 0.2) is 5.58 Å². The van der Waals surface area contributed by atoms with E-state index in [0.29, 0.717) is 0 Å². The molecule has 0 saturated carbocycles. The van der Waals surface area contributed by atoms with Gasteiger partial charge in [-0.1, -0.05) is 127 Å². The minimum atomic E-state index is 0.852. The first kappa shape index (κ1) is 29.6. The van der Waals surface area contributed by atoms with Crippen molar-refractivity contribution >= 4 is 82.5 Å². The average molecular weight is 678 g/mol. The Hall–Kier alpha value is -7.10. The van der Waals surface area contributed by atoms with Gasteiger partial charge in [0.25, 0.3) is 0 Å². The monoisotopic (exact) mass is 677 g/mol. The van der Waals surface area contributed by atoms with Crippen LogP contribution in [0.15, 0.2) is 197 Å². The number of furan rings is 2. The fourth-order valence-corrected chi connectivity index (χ4v) is 8.07. The topological polar surface area (TPSA) is 29.5 Å². The first-order chi connectivity index (χ1) is 26.2. The first-order valence-electron chi connectivity index (χ1n) is 18.0. The van der Waals surface area contributed by atoms with Gasteiger partial charge < -0.3 is 13.7 Å². The van der Waals surface area contributed by atoms with Gasteiger partial charge >= 0.3 is 0 Å². The van der Waals surface area contributed by atoms with E-state index in [1.165, 1.54) is 21.5 Å². The van der Waals surface area contributed by atoms with E-state index in [-0.39, 0.29) is 0 Å². The Kier molecular flexibility index (Phi) is 6.55. The summed E-state index contributed by atoms with van der Waals surface area (Å²) >= 11 is 0. The third-order valence-electron chi connectivity index (χ3n) is 10.6. The van der Waals surface area contributed by atoms with Crippen LogP contribution in [0.4, 0.5) is 17.1 Å². The molecule has 0 aliphatic carbocycles. The second kappa shape index (κ2) is 11.7. The minimum absolute atomic E-state index is 0.852. The molecule has 0 bridgehead atoms. The van der Waals surface area contributed by atoms with Crippen LogP contribution in [0.3, 0.4) is 0 Å². The van der Waals surface area contributed by atoms with Crippen LogP contribution in [0.5, 0.6) is 0 Å². The second-order valence-corrected chi connectivity index (χ2v) is 13.7. The molecular formula is C50H31NO2. The van der Waals surface area contributed by atoms with Gasteiger partial charge in [0.1, 0.15) is 16.7 Å². The molecule has 2 heterocycles. The number of fused-ring (bicyclic) bond motifs is 9. The zero-order chi connectivity index (χ0) is 34.9. The normalized spacial score (nSPS) is 11.8. The molecule has 11 aromatic rings. The molecule has 2 aromatic heterocycles. The summed E-state index contributed by atoms with van der Waals surface area (Å²) < 4.78 is 12.9. The van der Waals surface area contributed by atoms with Crippen LogP contribution in [0.2, 0.25) is 0 Å². The molecule has 0 fully saturated rings. The number of rotatable bonds is 5. The molecule has 11 rings (SSSR count). The molecule has 0 atom stereocenters. The highest BCUT2D eigenvalue weighted by molar-refractivity contribution is 6.12. The van der Waals surface area contributed by atoms with E-state index in [0.717, 1.165) is 83.2 Å². The molecule has 3 heteroatoms. The maximum atomic E-state index is 6.72. The molecule has 0 amide bonds. The van der Waals surface area contributed by atoms with Crippen molar-refractivity contribution in [2.75, 3.05) is 4.90 Å². The van der Waals surface area contributed by atoms with Crippen molar-refractivity contribution in [3.05, 3.63) is 188 Å². The molecule has 0 unspecified atom stereocenters. The molecule has 248 valence electrons. The maximum absolute atomic E-state index is 6.72. The van der Waals surface area contributed by atoms with Crippen LogP contribution >= 0.6 is 0 Å². The zero-order valence-electron chi connectivity index (χ0n) is 28.7. The molecule has 0 spiro atoms. The quantitative estimate of drug-likeness (QED) is 0.170. The van der Waals surface area contributed by atoms with E-state index in [1.807, 2.05) is 18.2 Å². The Morgan fingerprint density at radius 3 is 1.75 bits per heavy atom. The summed E-state index contributed by atoms with van der Waals surface area (Å²) in [7, 11) is 0. The Labute approximate surface area is 305 Å². The number of nitrogens with zero attached hydrogens (tertiary/aromatic N) is 1. The van der Waals surface area contributed by atoms with Crippen molar-refractivity contribution in [3.8, 4) is 22.3 Å². The fraction of sp³-hybridized carbons (Fsp3) is 0. The molecular weight excluding hydrogens is 647 g/mol. The van der Waals surface area contributed by atoms with E-state index < -0.39 is 0 Å². The highest BCUT2D eigenvalue weighted by atomic mass is 16.3. The summed E-state index contributed by atoms with van der Waals surface area (Å²) in [5.41, 5.74) is 11.1. The maximum Gasteiger partial charge on any atom is 0.159 e. The summed E-state index contributed by atoms with van der Waals surface area (Å²) in [4.78, 5) is 2.37. The lowest BCUT2D eigenvalue weighted by atomic mass is 9.96. The fourth-order valence-electron chi connectivity index (χ4n) is 8.07. The molecule has 0 N–H and O–H groups in total. The van der Waals surface area contributed by atoms with Crippen molar-refractivity contribution in [1.82, 2.24) is 0 Å². The lowest BCUT2D eigenvalue weighted by Gasteiger charge is -2.27. The van der Waals surface area contributed by atoms with Gasteiger partial charge in [-0.2, -0.15) is 0 Å². The third-order valence-corrected chi connectivity index (χ3v) is 10.6. The van der Waals surface area contributed by atoms with Gasteiger partial charge in [-0.05, 0) is 104 Å². The van der Waals surface area contributed by atoms with E-state index >= 15 is 0 Å². The standard InChI is InChI=1S/C50H31NO2/c1-2-11-32(12-3-1)36-27-37(35-24-26-49-45(30-35)42-16-7-8-19-47(42)52-49)29-39(28-36)51(46-18-10-17-43-41-15-6-9-20-48(41)53-50(43)46)38-25-23-34-22-21-33-13-4-5-14-40(33)44(34)31-38/h1-31H. The molecule has 9 aromatic carbocycles. The van der Waals surface area contributed by atoms with Crippen LogP contribution in [0.25, 0.3) is 87.7 Å². The first-order valence-corrected chi connectivity index (χ1v) is 18.0.